The Morgan fingerprint density at radius 3 is 2.42 bits per heavy atom. The summed E-state index contributed by atoms with van der Waals surface area (Å²) in [7, 11) is 2.06. The van der Waals surface area contributed by atoms with E-state index in [2.05, 4.69) is 55.4 Å². The molecule has 0 bridgehead atoms. The highest BCUT2D eigenvalue weighted by Crippen LogP contribution is 2.17. The van der Waals surface area contributed by atoms with Gasteiger partial charge in [0.05, 0.1) is 6.10 Å². The van der Waals surface area contributed by atoms with Gasteiger partial charge in [0, 0.05) is 12.6 Å². The lowest BCUT2D eigenvalue weighted by atomic mass is 10.0. The molecule has 19 heavy (non-hydrogen) atoms. The van der Waals surface area contributed by atoms with Gasteiger partial charge in [0.25, 0.3) is 0 Å². The fraction of sp³-hybridized carbons (Fsp3) is 0.625. The van der Waals surface area contributed by atoms with Crippen LogP contribution < -0.4 is 5.32 Å². The summed E-state index contributed by atoms with van der Waals surface area (Å²) in [6, 6.07) is 9.13. The van der Waals surface area contributed by atoms with Gasteiger partial charge in [-0.25, -0.2) is 0 Å². The highest BCUT2D eigenvalue weighted by atomic mass is 16.3. The van der Waals surface area contributed by atoms with Crippen LogP contribution in [-0.2, 0) is 0 Å². The van der Waals surface area contributed by atoms with Crippen LogP contribution in [0.4, 0.5) is 0 Å². The van der Waals surface area contributed by atoms with Crippen LogP contribution in [0.1, 0.15) is 37.4 Å². The smallest absolute Gasteiger partial charge is 0.0638 e. The second kappa shape index (κ2) is 8.31. The van der Waals surface area contributed by atoms with Crippen molar-refractivity contribution in [3.8, 4) is 0 Å². The molecular formula is C16H28N2O. The molecule has 0 aliphatic rings. The van der Waals surface area contributed by atoms with E-state index in [1.54, 1.807) is 0 Å². The SMILES string of the molecule is CCNC(CCN(C)CC(C)O)c1ccc(C)cc1. The summed E-state index contributed by atoms with van der Waals surface area (Å²) in [6.45, 7) is 8.77. The van der Waals surface area contributed by atoms with Crippen LogP contribution in [0.25, 0.3) is 0 Å². The van der Waals surface area contributed by atoms with Crippen molar-refractivity contribution in [1.29, 1.82) is 0 Å². The predicted molar refractivity (Wildman–Crippen MR) is 81.4 cm³/mol. The molecule has 0 aliphatic carbocycles. The molecule has 2 N–H and O–H groups in total. The van der Waals surface area contributed by atoms with E-state index in [1.807, 2.05) is 6.92 Å². The van der Waals surface area contributed by atoms with Crippen molar-refractivity contribution in [3.63, 3.8) is 0 Å². The molecule has 3 heteroatoms. The summed E-state index contributed by atoms with van der Waals surface area (Å²) in [5.41, 5.74) is 2.64. The summed E-state index contributed by atoms with van der Waals surface area (Å²) in [4.78, 5) is 2.18. The Hall–Kier alpha value is -0.900. The van der Waals surface area contributed by atoms with Gasteiger partial charge in [-0.15, -0.1) is 0 Å². The first-order chi connectivity index (χ1) is 9.02. The average molecular weight is 264 g/mol. The van der Waals surface area contributed by atoms with Crippen LogP contribution in [0, 0.1) is 6.92 Å². The number of nitrogens with one attached hydrogen (secondary N) is 1. The van der Waals surface area contributed by atoms with E-state index in [1.165, 1.54) is 11.1 Å². The van der Waals surface area contributed by atoms with Crippen molar-refractivity contribution in [3.05, 3.63) is 35.4 Å². The highest BCUT2D eigenvalue weighted by molar-refractivity contribution is 5.24. The van der Waals surface area contributed by atoms with Crippen LogP contribution >= 0.6 is 0 Å². The normalized spacial score (nSPS) is 14.6. The van der Waals surface area contributed by atoms with Crippen molar-refractivity contribution in [2.24, 2.45) is 0 Å². The molecule has 1 rings (SSSR count). The molecule has 1 aromatic rings. The molecule has 0 aliphatic heterocycles. The Bertz CT molecular complexity index is 348. The number of nitrogens with zero attached hydrogens (tertiary/aromatic N) is 1. The van der Waals surface area contributed by atoms with Crippen LogP contribution in [0.15, 0.2) is 24.3 Å². The van der Waals surface area contributed by atoms with Gasteiger partial charge in [0.15, 0.2) is 0 Å². The number of likely N-dealkylation sites (N-methyl/N-ethyl adjacent to an activating group) is 1. The molecule has 0 heterocycles. The molecule has 2 atom stereocenters. The first-order valence-electron chi connectivity index (χ1n) is 7.19. The van der Waals surface area contributed by atoms with E-state index in [0.29, 0.717) is 6.04 Å². The van der Waals surface area contributed by atoms with Gasteiger partial charge in [-0.3, -0.25) is 0 Å². The van der Waals surface area contributed by atoms with E-state index in [4.69, 9.17) is 0 Å². The van der Waals surface area contributed by atoms with E-state index in [-0.39, 0.29) is 6.10 Å². The van der Waals surface area contributed by atoms with Gasteiger partial charge in [-0.2, -0.15) is 0 Å². The summed E-state index contributed by atoms with van der Waals surface area (Å²) in [5.74, 6) is 0. The van der Waals surface area contributed by atoms with Crippen LogP contribution in [-0.4, -0.2) is 42.8 Å². The van der Waals surface area contributed by atoms with Crippen LogP contribution in [0.5, 0.6) is 0 Å². The minimum Gasteiger partial charge on any atom is -0.392 e. The quantitative estimate of drug-likeness (QED) is 0.756. The number of hydrogen-bond acceptors (Lipinski definition) is 3. The topological polar surface area (TPSA) is 35.5 Å². The van der Waals surface area contributed by atoms with Crippen molar-refractivity contribution in [2.75, 3.05) is 26.7 Å². The van der Waals surface area contributed by atoms with Gasteiger partial charge in [-0.1, -0.05) is 36.8 Å². The number of aryl methyl sites for hydroxylation is 1. The molecule has 0 fully saturated rings. The Kier molecular flexibility index (Phi) is 7.06. The molecule has 0 radical (unpaired) electrons. The minimum atomic E-state index is -0.262. The number of benzene rings is 1. The Balaban J connectivity index is 2.55. The molecule has 0 spiro atoms. The van der Waals surface area contributed by atoms with E-state index < -0.39 is 0 Å². The van der Waals surface area contributed by atoms with Crippen molar-refractivity contribution in [1.82, 2.24) is 10.2 Å². The number of aliphatic hydroxyl groups excluding tert-OH is 1. The summed E-state index contributed by atoms with van der Waals surface area (Å²) in [5, 5.41) is 12.9. The molecule has 3 nitrogen and oxygen atoms in total. The number of rotatable bonds is 8. The zero-order chi connectivity index (χ0) is 14.3. The lowest BCUT2D eigenvalue weighted by Gasteiger charge is -2.23. The van der Waals surface area contributed by atoms with Crippen molar-refractivity contribution in [2.45, 2.75) is 39.3 Å². The maximum absolute atomic E-state index is 9.38. The second-order valence-electron chi connectivity index (χ2n) is 5.42. The monoisotopic (exact) mass is 264 g/mol. The third-order valence-corrected chi connectivity index (χ3v) is 3.31. The third kappa shape index (κ3) is 6.19. The van der Waals surface area contributed by atoms with Crippen LogP contribution in [0.2, 0.25) is 0 Å². The summed E-state index contributed by atoms with van der Waals surface area (Å²) >= 11 is 0. The Labute approximate surface area is 117 Å². The van der Waals surface area contributed by atoms with E-state index in [9.17, 15) is 5.11 Å². The zero-order valence-corrected chi connectivity index (χ0v) is 12.7. The fourth-order valence-corrected chi connectivity index (χ4v) is 2.32. The Morgan fingerprint density at radius 1 is 1.26 bits per heavy atom. The second-order valence-corrected chi connectivity index (χ2v) is 5.42. The molecular weight excluding hydrogens is 236 g/mol. The summed E-state index contributed by atoms with van der Waals surface area (Å²) < 4.78 is 0. The summed E-state index contributed by atoms with van der Waals surface area (Å²) in [6.07, 6.45) is 0.794. The first kappa shape index (κ1) is 16.2. The molecule has 1 aromatic carbocycles. The molecule has 2 unspecified atom stereocenters. The minimum absolute atomic E-state index is 0.262. The van der Waals surface area contributed by atoms with Gasteiger partial charge in [0.1, 0.15) is 0 Å². The zero-order valence-electron chi connectivity index (χ0n) is 12.7. The van der Waals surface area contributed by atoms with Gasteiger partial charge in [0.2, 0.25) is 0 Å². The number of hydrogen-bond donors (Lipinski definition) is 2. The predicted octanol–water partition coefficient (Wildman–Crippen LogP) is 2.35. The maximum Gasteiger partial charge on any atom is 0.0638 e. The Morgan fingerprint density at radius 2 is 1.89 bits per heavy atom. The van der Waals surface area contributed by atoms with Gasteiger partial charge < -0.3 is 15.3 Å². The maximum atomic E-state index is 9.38. The fourth-order valence-electron chi connectivity index (χ4n) is 2.32. The third-order valence-electron chi connectivity index (χ3n) is 3.31. The largest absolute Gasteiger partial charge is 0.392 e. The highest BCUT2D eigenvalue weighted by Gasteiger charge is 2.11. The molecule has 0 amide bonds. The standard InChI is InChI=1S/C16H28N2O/c1-5-17-16(10-11-18(4)12-14(3)19)15-8-6-13(2)7-9-15/h6-9,14,16-17,19H,5,10-12H2,1-4H3. The number of aliphatic hydroxyl groups is 1. The lowest BCUT2D eigenvalue weighted by molar-refractivity contribution is 0.139. The van der Waals surface area contributed by atoms with Crippen molar-refractivity contribution < 1.29 is 5.11 Å². The van der Waals surface area contributed by atoms with Gasteiger partial charge >= 0.3 is 0 Å². The van der Waals surface area contributed by atoms with Crippen molar-refractivity contribution >= 4 is 0 Å². The molecule has 108 valence electrons. The molecule has 0 saturated heterocycles. The average Bonchev–Trinajstić information content (AvgIpc) is 2.35. The lowest BCUT2D eigenvalue weighted by Crippen LogP contribution is -2.31. The van der Waals surface area contributed by atoms with E-state index in [0.717, 1.165) is 26.1 Å². The van der Waals surface area contributed by atoms with Gasteiger partial charge in [-0.05, 0) is 46.0 Å². The molecule has 0 aromatic heterocycles. The molecule has 0 saturated carbocycles. The van der Waals surface area contributed by atoms with Crippen LogP contribution in [0.3, 0.4) is 0 Å². The van der Waals surface area contributed by atoms with E-state index >= 15 is 0 Å². The first-order valence-corrected chi connectivity index (χ1v) is 7.19.